The summed E-state index contributed by atoms with van der Waals surface area (Å²) in [6.45, 7) is 3.97. The Morgan fingerprint density at radius 1 is 1.44 bits per heavy atom. The number of ketones is 1. The fraction of sp³-hybridized carbons (Fsp3) is 0.412. The number of carbonyl (C=O) groups is 1. The Balaban J connectivity index is 1.57. The number of nitrogens with two attached hydrogens (primary N) is 1. The number of carbonyl (C=O) groups excluding carboxylic acids is 1. The van der Waals surface area contributed by atoms with Crippen molar-refractivity contribution in [3.63, 3.8) is 0 Å². The summed E-state index contributed by atoms with van der Waals surface area (Å²) in [6, 6.07) is 3.74. The quantitative estimate of drug-likeness (QED) is 0.543. The summed E-state index contributed by atoms with van der Waals surface area (Å²) < 4.78 is 0. The number of aromatic amines is 1. The number of hydrogen-bond acceptors (Lipinski definition) is 7. The lowest BCUT2D eigenvalue weighted by Crippen LogP contribution is -2.16. The molecule has 0 bridgehead atoms. The molecule has 5 N–H and O–H groups in total. The summed E-state index contributed by atoms with van der Waals surface area (Å²) in [7, 11) is 0. The predicted octanol–water partition coefficient (Wildman–Crippen LogP) is 2.30. The first kappa shape index (κ1) is 16.9. The number of H-pyrrole nitrogens is 1. The number of rotatable bonds is 8. The normalized spacial score (nSPS) is 14.6. The van der Waals surface area contributed by atoms with Crippen LogP contribution in [0, 0.1) is 5.92 Å². The van der Waals surface area contributed by atoms with Crippen molar-refractivity contribution in [2.24, 2.45) is 11.7 Å². The molecule has 0 atom stereocenters. The molecule has 1 saturated carbocycles. The van der Waals surface area contributed by atoms with Gasteiger partial charge in [0.2, 0.25) is 5.95 Å². The average Bonchev–Trinajstić information content (AvgIpc) is 3.33. The molecule has 132 valence electrons. The molecule has 8 heteroatoms. The Labute approximate surface area is 146 Å². The second-order valence-corrected chi connectivity index (χ2v) is 6.49. The van der Waals surface area contributed by atoms with Gasteiger partial charge in [0, 0.05) is 35.6 Å². The number of hydrogen-bond donors (Lipinski definition) is 4. The standard InChI is InChI=1S/C17H23N7O/c1-10(2)13(18)7-12(25)9-20-17-19-6-5-15(22-17)21-16-8-14(23-24-16)11-3-4-11/h5-8,10-11H,3-4,9,18H2,1-2H3,(H3,19,20,21,22,23,24)/b13-7-. The Morgan fingerprint density at radius 2 is 2.24 bits per heavy atom. The topological polar surface area (TPSA) is 122 Å². The SMILES string of the molecule is CC(C)/C(N)=C/C(=O)CNc1nccc(Nc2cc(C3CC3)[nH]n2)n1. The highest BCUT2D eigenvalue weighted by Gasteiger charge is 2.25. The van der Waals surface area contributed by atoms with Gasteiger partial charge >= 0.3 is 0 Å². The fourth-order valence-corrected chi connectivity index (χ4v) is 2.22. The van der Waals surface area contributed by atoms with Crippen LogP contribution in [0.25, 0.3) is 0 Å². The van der Waals surface area contributed by atoms with Crippen LogP contribution in [-0.4, -0.2) is 32.5 Å². The minimum absolute atomic E-state index is 0.0884. The van der Waals surface area contributed by atoms with Crippen molar-refractivity contribution in [1.82, 2.24) is 20.2 Å². The van der Waals surface area contributed by atoms with Crippen LogP contribution < -0.4 is 16.4 Å². The van der Waals surface area contributed by atoms with Crippen molar-refractivity contribution in [3.05, 3.63) is 35.8 Å². The number of nitrogens with zero attached hydrogens (tertiary/aromatic N) is 3. The van der Waals surface area contributed by atoms with E-state index in [0.29, 0.717) is 23.4 Å². The number of nitrogens with one attached hydrogen (secondary N) is 3. The van der Waals surface area contributed by atoms with Gasteiger partial charge in [0.05, 0.1) is 6.54 Å². The van der Waals surface area contributed by atoms with Crippen molar-refractivity contribution in [2.75, 3.05) is 17.2 Å². The first-order valence-electron chi connectivity index (χ1n) is 8.40. The smallest absolute Gasteiger partial charge is 0.224 e. The van der Waals surface area contributed by atoms with Crippen molar-refractivity contribution >= 4 is 23.4 Å². The lowest BCUT2D eigenvalue weighted by Gasteiger charge is -2.07. The first-order chi connectivity index (χ1) is 12.0. The van der Waals surface area contributed by atoms with E-state index < -0.39 is 0 Å². The van der Waals surface area contributed by atoms with Crippen LogP contribution in [0.1, 0.15) is 38.3 Å². The summed E-state index contributed by atoms with van der Waals surface area (Å²) >= 11 is 0. The largest absolute Gasteiger partial charge is 0.402 e. The molecule has 2 aromatic rings. The second kappa shape index (κ2) is 7.33. The Morgan fingerprint density at radius 3 is 2.96 bits per heavy atom. The van der Waals surface area contributed by atoms with Crippen LogP contribution in [-0.2, 0) is 4.79 Å². The van der Waals surface area contributed by atoms with Crippen LogP contribution in [0.2, 0.25) is 0 Å². The molecule has 0 radical (unpaired) electrons. The molecule has 0 unspecified atom stereocenters. The zero-order valence-electron chi connectivity index (χ0n) is 14.4. The third-order valence-corrected chi connectivity index (χ3v) is 3.94. The van der Waals surface area contributed by atoms with E-state index in [2.05, 4.69) is 30.8 Å². The summed E-state index contributed by atoms with van der Waals surface area (Å²) in [5.41, 5.74) is 7.50. The van der Waals surface area contributed by atoms with Gasteiger partial charge in [-0.25, -0.2) is 4.98 Å². The predicted molar refractivity (Wildman–Crippen MR) is 96.5 cm³/mol. The lowest BCUT2D eigenvalue weighted by molar-refractivity contribution is -0.113. The molecule has 0 aromatic carbocycles. The van der Waals surface area contributed by atoms with Gasteiger partial charge in [0.25, 0.3) is 0 Å². The number of anilines is 3. The van der Waals surface area contributed by atoms with Crippen molar-refractivity contribution in [1.29, 1.82) is 0 Å². The summed E-state index contributed by atoms with van der Waals surface area (Å²) in [5, 5.41) is 13.3. The molecule has 2 aromatic heterocycles. The van der Waals surface area contributed by atoms with Gasteiger partial charge in [-0.3, -0.25) is 9.89 Å². The summed E-state index contributed by atoms with van der Waals surface area (Å²) in [6.07, 6.45) is 5.50. The molecular weight excluding hydrogens is 318 g/mol. The van der Waals surface area contributed by atoms with E-state index in [-0.39, 0.29) is 18.2 Å². The van der Waals surface area contributed by atoms with Gasteiger partial charge in [0.15, 0.2) is 11.6 Å². The Kier molecular flexibility index (Phi) is 4.97. The molecule has 0 spiro atoms. The minimum Gasteiger partial charge on any atom is -0.402 e. The van der Waals surface area contributed by atoms with Crippen molar-refractivity contribution in [3.8, 4) is 0 Å². The minimum atomic E-state index is -0.116. The van der Waals surface area contributed by atoms with Crippen LogP contribution in [0.5, 0.6) is 0 Å². The van der Waals surface area contributed by atoms with Crippen LogP contribution >= 0.6 is 0 Å². The van der Waals surface area contributed by atoms with E-state index in [0.717, 1.165) is 11.5 Å². The molecule has 0 aliphatic heterocycles. The third-order valence-electron chi connectivity index (χ3n) is 3.94. The van der Waals surface area contributed by atoms with Crippen molar-refractivity contribution < 1.29 is 4.79 Å². The number of aromatic nitrogens is 4. The van der Waals surface area contributed by atoms with Gasteiger partial charge in [-0.2, -0.15) is 10.1 Å². The van der Waals surface area contributed by atoms with Gasteiger partial charge in [-0.05, 0) is 24.8 Å². The van der Waals surface area contributed by atoms with Gasteiger partial charge in [-0.1, -0.05) is 13.8 Å². The van der Waals surface area contributed by atoms with Gasteiger partial charge < -0.3 is 16.4 Å². The molecule has 3 rings (SSSR count). The molecule has 1 aliphatic carbocycles. The molecule has 1 aliphatic rings. The van der Waals surface area contributed by atoms with Crippen LogP contribution in [0.15, 0.2) is 30.1 Å². The number of allylic oxidation sites excluding steroid dienone is 1. The highest BCUT2D eigenvalue weighted by Crippen LogP contribution is 2.39. The summed E-state index contributed by atoms with van der Waals surface area (Å²) in [4.78, 5) is 20.3. The fourth-order valence-electron chi connectivity index (χ4n) is 2.22. The van der Waals surface area contributed by atoms with E-state index >= 15 is 0 Å². The maximum Gasteiger partial charge on any atom is 0.224 e. The zero-order valence-corrected chi connectivity index (χ0v) is 14.4. The van der Waals surface area contributed by atoms with E-state index in [1.807, 2.05) is 19.9 Å². The highest BCUT2D eigenvalue weighted by molar-refractivity contribution is 5.93. The molecule has 1 fully saturated rings. The molecular formula is C17H23N7O. The molecule has 8 nitrogen and oxygen atoms in total. The Bertz CT molecular complexity index is 777. The zero-order chi connectivity index (χ0) is 17.8. The van der Waals surface area contributed by atoms with E-state index in [9.17, 15) is 4.79 Å². The van der Waals surface area contributed by atoms with E-state index in [1.165, 1.54) is 18.9 Å². The first-order valence-corrected chi connectivity index (χ1v) is 8.40. The van der Waals surface area contributed by atoms with E-state index in [1.54, 1.807) is 12.3 Å². The Hall–Kier alpha value is -2.90. The van der Waals surface area contributed by atoms with Crippen LogP contribution in [0.3, 0.4) is 0 Å². The van der Waals surface area contributed by atoms with Crippen LogP contribution in [0.4, 0.5) is 17.6 Å². The maximum atomic E-state index is 11.9. The second-order valence-electron chi connectivity index (χ2n) is 6.49. The molecule has 0 saturated heterocycles. The average molecular weight is 341 g/mol. The molecule has 2 heterocycles. The van der Waals surface area contributed by atoms with Gasteiger partial charge in [0.1, 0.15) is 5.82 Å². The summed E-state index contributed by atoms with van der Waals surface area (Å²) in [5.74, 6) is 2.33. The van der Waals surface area contributed by atoms with Gasteiger partial charge in [-0.15, -0.1) is 0 Å². The highest BCUT2D eigenvalue weighted by atomic mass is 16.1. The molecule has 25 heavy (non-hydrogen) atoms. The third kappa shape index (κ3) is 4.79. The van der Waals surface area contributed by atoms with E-state index in [4.69, 9.17) is 5.73 Å². The lowest BCUT2D eigenvalue weighted by atomic mass is 10.1. The maximum absolute atomic E-state index is 11.9. The monoisotopic (exact) mass is 341 g/mol. The van der Waals surface area contributed by atoms with Crippen molar-refractivity contribution in [2.45, 2.75) is 32.6 Å². The molecule has 0 amide bonds.